The monoisotopic (exact) mass is 282 g/mol. The Labute approximate surface area is 113 Å². The van der Waals surface area contributed by atoms with E-state index in [2.05, 4.69) is 0 Å². The molecule has 3 nitrogen and oxygen atoms in total. The minimum atomic E-state index is -4.33. The number of amides is 1. The fourth-order valence-corrected chi connectivity index (χ4v) is 1.84. The van der Waals surface area contributed by atoms with Crippen LogP contribution in [0.5, 0.6) is 0 Å². The van der Waals surface area contributed by atoms with Crippen LogP contribution in [0.25, 0.3) is 0 Å². The van der Waals surface area contributed by atoms with Gasteiger partial charge in [0.05, 0.1) is 0 Å². The molecule has 0 aliphatic rings. The Morgan fingerprint density at radius 3 is 2.21 bits per heavy atom. The molecule has 0 saturated carbocycles. The fraction of sp³-hybridized carbons (Fsp3) is 0.923. The van der Waals surface area contributed by atoms with E-state index in [9.17, 15) is 18.0 Å². The molecule has 0 unspecified atom stereocenters. The third kappa shape index (κ3) is 10.8. The number of unbranched alkanes of at least 4 members (excludes halogenated alkanes) is 3. The maximum absolute atomic E-state index is 12.4. The molecule has 0 saturated heterocycles. The predicted octanol–water partition coefficient (Wildman–Crippen LogP) is 2.94. The molecule has 1 amide bonds. The van der Waals surface area contributed by atoms with Crippen LogP contribution < -0.4 is 5.73 Å². The molecule has 0 aromatic heterocycles. The SMILES string of the molecule is CC(C)CN(CC(F)(F)F)C(=O)CCCCCCN. The van der Waals surface area contributed by atoms with Crippen molar-refractivity contribution in [3.8, 4) is 0 Å². The molecule has 2 N–H and O–H groups in total. The fourth-order valence-electron chi connectivity index (χ4n) is 1.84. The van der Waals surface area contributed by atoms with Crippen molar-refractivity contribution in [3.63, 3.8) is 0 Å². The lowest BCUT2D eigenvalue weighted by Gasteiger charge is -2.25. The van der Waals surface area contributed by atoms with E-state index in [1.54, 1.807) is 13.8 Å². The van der Waals surface area contributed by atoms with Crippen LogP contribution in [0.15, 0.2) is 0 Å². The van der Waals surface area contributed by atoms with Gasteiger partial charge in [-0.1, -0.05) is 26.7 Å². The highest BCUT2D eigenvalue weighted by Gasteiger charge is 2.32. The third-order valence-corrected chi connectivity index (χ3v) is 2.65. The normalized spacial score (nSPS) is 11.9. The molecule has 0 aromatic carbocycles. The van der Waals surface area contributed by atoms with Crippen molar-refractivity contribution in [2.45, 2.75) is 52.1 Å². The number of nitrogens with two attached hydrogens (primary N) is 1. The van der Waals surface area contributed by atoms with Crippen LogP contribution in [0.4, 0.5) is 13.2 Å². The van der Waals surface area contributed by atoms with E-state index >= 15 is 0 Å². The van der Waals surface area contributed by atoms with Gasteiger partial charge in [0.1, 0.15) is 6.54 Å². The Balaban J connectivity index is 4.15. The maximum Gasteiger partial charge on any atom is 0.406 e. The Hall–Kier alpha value is -0.780. The van der Waals surface area contributed by atoms with Gasteiger partial charge in [0.25, 0.3) is 0 Å². The van der Waals surface area contributed by atoms with Crippen molar-refractivity contribution in [2.75, 3.05) is 19.6 Å². The number of carbonyl (C=O) groups is 1. The lowest BCUT2D eigenvalue weighted by molar-refractivity contribution is -0.162. The summed E-state index contributed by atoms with van der Waals surface area (Å²) >= 11 is 0. The lowest BCUT2D eigenvalue weighted by atomic mass is 10.1. The van der Waals surface area contributed by atoms with Crippen molar-refractivity contribution in [1.29, 1.82) is 0 Å². The summed E-state index contributed by atoms with van der Waals surface area (Å²) in [6.45, 7) is 3.23. The van der Waals surface area contributed by atoms with Crippen molar-refractivity contribution < 1.29 is 18.0 Å². The zero-order valence-corrected chi connectivity index (χ0v) is 11.8. The van der Waals surface area contributed by atoms with Crippen molar-refractivity contribution >= 4 is 5.91 Å². The van der Waals surface area contributed by atoms with E-state index in [4.69, 9.17) is 5.73 Å². The van der Waals surface area contributed by atoms with Gasteiger partial charge in [-0.3, -0.25) is 4.79 Å². The Bertz CT molecular complexity index is 255. The summed E-state index contributed by atoms with van der Waals surface area (Å²) in [4.78, 5) is 12.7. The number of hydrogen-bond acceptors (Lipinski definition) is 2. The van der Waals surface area contributed by atoms with Gasteiger partial charge in [0.15, 0.2) is 0 Å². The molecule has 114 valence electrons. The van der Waals surface area contributed by atoms with Gasteiger partial charge in [0.2, 0.25) is 5.91 Å². The van der Waals surface area contributed by atoms with Crippen molar-refractivity contribution in [1.82, 2.24) is 4.90 Å². The number of halogens is 3. The number of alkyl halides is 3. The second-order valence-electron chi connectivity index (χ2n) is 5.24. The molecule has 0 aliphatic heterocycles. The van der Waals surface area contributed by atoms with Crippen molar-refractivity contribution in [3.05, 3.63) is 0 Å². The topological polar surface area (TPSA) is 46.3 Å². The Kier molecular flexibility index (Phi) is 8.80. The quantitative estimate of drug-likeness (QED) is 0.661. The third-order valence-electron chi connectivity index (χ3n) is 2.65. The molecular weight excluding hydrogens is 257 g/mol. The zero-order chi connectivity index (χ0) is 14.9. The van der Waals surface area contributed by atoms with Crippen LogP contribution in [0.1, 0.15) is 46.0 Å². The van der Waals surface area contributed by atoms with Gasteiger partial charge in [-0.2, -0.15) is 13.2 Å². The van der Waals surface area contributed by atoms with Crippen LogP contribution in [0.3, 0.4) is 0 Å². The average Bonchev–Trinajstić information content (AvgIpc) is 2.25. The molecular formula is C13H25F3N2O. The first-order chi connectivity index (χ1) is 8.76. The predicted molar refractivity (Wildman–Crippen MR) is 69.6 cm³/mol. The van der Waals surface area contributed by atoms with Gasteiger partial charge in [0, 0.05) is 13.0 Å². The minimum Gasteiger partial charge on any atom is -0.333 e. The second kappa shape index (κ2) is 9.18. The molecule has 19 heavy (non-hydrogen) atoms. The zero-order valence-electron chi connectivity index (χ0n) is 11.8. The summed E-state index contributed by atoms with van der Waals surface area (Å²) in [5.41, 5.74) is 5.34. The molecule has 0 aromatic rings. The van der Waals surface area contributed by atoms with Gasteiger partial charge >= 0.3 is 6.18 Å². The van der Waals surface area contributed by atoms with E-state index < -0.39 is 18.6 Å². The molecule has 0 heterocycles. The number of hydrogen-bond donors (Lipinski definition) is 1. The molecule has 0 spiro atoms. The first-order valence-electron chi connectivity index (χ1n) is 6.81. The first-order valence-corrected chi connectivity index (χ1v) is 6.81. The molecule has 0 aliphatic carbocycles. The van der Waals surface area contributed by atoms with E-state index in [1.165, 1.54) is 0 Å². The number of rotatable bonds is 9. The molecule has 0 rings (SSSR count). The highest BCUT2D eigenvalue weighted by molar-refractivity contribution is 5.76. The highest BCUT2D eigenvalue weighted by Crippen LogP contribution is 2.18. The highest BCUT2D eigenvalue weighted by atomic mass is 19.4. The molecule has 6 heteroatoms. The van der Waals surface area contributed by atoms with Crippen LogP contribution >= 0.6 is 0 Å². The molecule has 0 fully saturated rings. The van der Waals surface area contributed by atoms with Crippen LogP contribution in [0.2, 0.25) is 0 Å². The summed E-state index contributed by atoms with van der Waals surface area (Å²) in [6, 6.07) is 0. The van der Waals surface area contributed by atoms with Gasteiger partial charge in [-0.15, -0.1) is 0 Å². The summed E-state index contributed by atoms with van der Waals surface area (Å²) < 4.78 is 37.2. The van der Waals surface area contributed by atoms with E-state index in [-0.39, 0.29) is 18.9 Å². The van der Waals surface area contributed by atoms with Crippen LogP contribution in [-0.4, -0.2) is 36.6 Å². The standard InChI is InChI=1S/C13H25F3N2O/c1-11(2)9-18(10-13(14,15)16)12(19)7-5-3-4-6-8-17/h11H,3-10,17H2,1-2H3. The van der Waals surface area contributed by atoms with E-state index in [0.717, 1.165) is 24.2 Å². The van der Waals surface area contributed by atoms with Crippen LogP contribution in [-0.2, 0) is 4.79 Å². The second-order valence-corrected chi connectivity index (χ2v) is 5.24. The molecule has 0 bridgehead atoms. The summed E-state index contributed by atoms with van der Waals surface area (Å²) in [6.07, 6.45) is -0.854. The number of nitrogens with zero attached hydrogens (tertiary/aromatic N) is 1. The molecule has 0 atom stereocenters. The van der Waals surface area contributed by atoms with Crippen molar-refractivity contribution in [2.24, 2.45) is 11.7 Å². The Morgan fingerprint density at radius 2 is 1.74 bits per heavy atom. The average molecular weight is 282 g/mol. The minimum absolute atomic E-state index is 0.0311. The largest absolute Gasteiger partial charge is 0.406 e. The summed E-state index contributed by atoms with van der Waals surface area (Å²) in [5.74, 6) is -0.373. The lowest BCUT2D eigenvalue weighted by Crippen LogP contribution is -2.41. The van der Waals surface area contributed by atoms with Gasteiger partial charge < -0.3 is 10.6 Å². The Morgan fingerprint density at radius 1 is 1.16 bits per heavy atom. The number of carbonyl (C=O) groups excluding carboxylic acids is 1. The maximum atomic E-state index is 12.4. The summed E-state index contributed by atoms with van der Waals surface area (Å²) in [7, 11) is 0. The van der Waals surface area contributed by atoms with E-state index in [0.29, 0.717) is 13.0 Å². The molecule has 0 radical (unpaired) electrons. The van der Waals surface area contributed by atoms with Gasteiger partial charge in [-0.25, -0.2) is 0 Å². The summed E-state index contributed by atoms with van der Waals surface area (Å²) in [5, 5.41) is 0. The first kappa shape index (κ1) is 18.2. The van der Waals surface area contributed by atoms with E-state index in [1.807, 2.05) is 0 Å². The van der Waals surface area contributed by atoms with Gasteiger partial charge in [-0.05, 0) is 25.3 Å². The van der Waals surface area contributed by atoms with Crippen LogP contribution in [0, 0.1) is 5.92 Å². The smallest absolute Gasteiger partial charge is 0.333 e.